The average Bonchev–Trinajstić information content (AvgIpc) is 2.77. The minimum absolute atomic E-state index is 0.142. The Balaban J connectivity index is 5.35. The molecule has 0 unspecified atom stereocenters. The highest BCUT2D eigenvalue weighted by Gasteiger charge is 2.44. The van der Waals surface area contributed by atoms with Crippen molar-refractivity contribution in [3.05, 3.63) is 48.6 Å². The van der Waals surface area contributed by atoms with Crippen LogP contribution in [0.1, 0.15) is 68.2 Å². The highest BCUT2D eigenvalue weighted by atomic mass is 16.4. The van der Waals surface area contributed by atoms with E-state index in [0.717, 1.165) is 5.57 Å². The first kappa shape index (κ1) is 34.1. The number of hydrogen-bond acceptors (Lipinski definition) is 5. The maximum atomic E-state index is 11.4. The molecule has 0 saturated heterocycles. The van der Waals surface area contributed by atoms with E-state index in [4.69, 9.17) is 0 Å². The number of aliphatic hydroxyl groups excluding tert-OH is 3. The maximum Gasteiger partial charge on any atom is 0.406 e. The second-order valence-electron chi connectivity index (χ2n) is 10.9. The van der Waals surface area contributed by atoms with Crippen molar-refractivity contribution in [1.29, 1.82) is 0 Å². The summed E-state index contributed by atoms with van der Waals surface area (Å²) in [4.78, 5) is 11.4. The first-order valence-corrected chi connectivity index (χ1v) is 13.0. The van der Waals surface area contributed by atoms with Gasteiger partial charge in [-0.15, -0.1) is 0 Å². The summed E-state index contributed by atoms with van der Waals surface area (Å²) in [6, 6.07) is 0. The molecule has 0 aliphatic carbocycles. The van der Waals surface area contributed by atoms with Crippen LogP contribution in [0.4, 0.5) is 4.79 Å². The first-order valence-electron chi connectivity index (χ1n) is 13.0. The predicted molar refractivity (Wildman–Crippen MR) is 146 cm³/mol. The van der Waals surface area contributed by atoms with Gasteiger partial charge in [-0.25, -0.2) is 4.79 Å². The molecule has 7 nitrogen and oxygen atoms in total. The Hall–Kier alpha value is -1.93. The van der Waals surface area contributed by atoms with Gasteiger partial charge in [-0.05, 0) is 31.6 Å². The summed E-state index contributed by atoms with van der Waals surface area (Å²) < 4.78 is 0. The van der Waals surface area contributed by atoms with Gasteiger partial charge in [-0.3, -0.25) is 5.32 Å². The zero-order chi connectivity index (χ0) is 28.2. The molecule has 36 heavy (non-hydrogen) atoms. The van der Waals surface area contributed by atoms with E-state index in [1.165, 1.54) is 6.08 Å². The molecule has 0 aromatic carbocycles. The second-order valence-corrected chi connectivity index (χ2v) is 10.9. The second kappa shape index (κ2) is 16.0. The summed E-state index contributed by atoms with van der Waals surface area (Å²) in [5, 5.41) is 54.5. The minimum atomic E-state index is -1.87. The van der Waals surface area contributed by atoms with Crippen molar-refractivity contribution in [3.63, 3.8) is 0 Å². The molecule has 1 amide bonds. The molecule has 0 aromatic heterocycles. The fraction of sp³-hybridized carbons (Fsp3) is 0.690. The highest BCUT2D eigenvalue weighted by molar-refractivity contribution is 5.65. The van der Waals surface area contributed by atoms with Crippen molar-refractivity contribution in [2.75, 3.05) is 0 Å². The van der Waals surface area contributed by atoms with E-state index < -0.39 is 42.0 Å². The molecular formula is C29H51NO6. The topological polar surface area (TPSA) is 130 Å². The Bertz CT molecular complexity index is 761. The average molecular weight is 510 g/mol. The third-order valence-corrected chi connectivity index (χ3v) is 6.95. The Kier molecular flexibility index (Phi) is 15.2. The van der Waals surface area contributed by atoms with E-state index in [0.29, 0.717) is 18.8 Å². The molecule has 0 rings (SSSR count). The summed E-state index contributed by atoms with van der Waals surface area (Å²) in [6.07, 6.45) is 8.04. The van der Waals surface area contributed by atoms with Crippen LogP contribution in [0, 0.1) is 35.5 Å². The van der Waals surface area contributed by atoms with Gasteiger partial charge in [0.25, 0.3) is 0 Å². The van der Waals surface area contributed by atoms with Crippen LogP contribution in [0.15, 0.2) is 48.6 Å². The van der Waals surface area contributed by atoms with Crippen molar-refractivity contribution < 1.29 is 30.3 Å². The molecule has 0 spiro atoms. The lowest BCUT2D eigenvalue weighted by molar-refractivity contribution is -0.116. The van der Waals surface area contributed by atoms with Crippen LogP contribution < -0.4 is 5.32 Å². The van der Waals surface area contributed by atoms with E-state index in [1.807, 2.05) is 53.7 Å². The molecule has 208 valence electrons. The fourth-order valence-electron chi connectivity index (χ4n) is 4.66. The number of rotatable bonds is 16. The number of aliphatic hydroxyl groups is 4. The number of nitrogens with one attached hydrogen (secondary N) is 1. The normalized spacial score (nSPS) is 21.4. The van der Waals surface area contributed by atoms with E-state index in [1.54, 1.807) is 32.1 Å². The largest absolute Gasteiger partial charge is 0.465 e. The Morgan fingerprint density at radius 2 is 1.53 bits per heavy atom. The lowest BCUT2D eigenvalue weighted by atomic mass is 9.77. The molecule has 0 saturated carbocycles. The van der Waals surface area contributed by atoms with Crippen molar-refractivity contribution in [1.82, 2.24) is 5.32 Å². The molecule has 0 radical (unpaired) electrons. The minimum Gasteiger partial charge on any atom is -0.465 e. The molecule has 0 fully saturated rings. The number of hydrogen-bond donors (Lipinski definition) is 6. The van der Waals surface area contributed by atoms with Crippen molar-refractivity contribution in [2.45, 2.75) is 92.3 Å². The molecule has 9 atom stereocenters. The maximum absolute atomic E-state index is 11.4. The van der Waals surface area contributed by atoms with Gasteiger partial charge in [0, 0.05) is 23.7 Å². The smallest absolute Gasteiger partial charge is 0.406 e. The molecule has 7 heteroatoms. The first-order chi connectivity index (χ1) is 16.6. The molecular weight excluding hydrogens is 458 g/mol. The van der Waals surface area contributed by atoms with Crippen LogP contribution in [0.2, 0.25) is 0 Å². The van der Waals surface area contributed by atoms with E-state index >= 15 is 0 Å². The van der Waals surface area contributed by atoms with Crippen LogP contribution in [0.5, 0.6) is 0 Å². The monoisotopic (exact) mass is 509 g/mol. The van der Waals surface area contributed by atoms with Gasteiger partial charge < -0.3 is 25.5 Å². The van der Waals surface area contributed by atoms with Crippen molar-refractivity contribution in [3.8, 4) is 0 Å². The predicted octanol–water partition coefficient (Wildman–Crippen LogP) is 4.89. The van der Waals surface area contributed by atoms with Crippen LogP contribution in [0.25, 0.3) is 0 Å². The Labute approximate surface area is 218 Å². The number of allylic oxidation sites excluding steroid dienone is 3. The Morgan fingerprint density at radius 3 is 2.03 bits per heavy atom. The van der Waals surface area contributed by atoms with Crippen LogP contribution in [0.3, 0.4) is 0 Å². The van der Waals surface area contributed by atoms with E-state index in [2.05, 4.69) is 11.9 Å². The molecule has 0 heterocycles. The quantitative estimate of drug-likeness (QED) is 0.0998. The summed E-state index contributed by atoms with van der Waals surface area (Å²) in [7, 11) is 0. The SMILES string of the molecule is C=CC=C[C@H](C)[C@@](O)(NC(=O)O)[C@H](C)[C@H](O)[C@@H](C)CC(C)=C[C@H](C)[C@@H](O)[C@@H](C)C=C[C@@H](O)CC(C)C. The zero-order valence-electron chi connectivity index (χ0n) is 23.4. The van der Waals surface area contributed by atoms with Gasteiger partial charge in [0.05, 0.1) is 18.3 Å². The van der Waals surface area contributed by atoms with Crippen molar-refractivity contribution >= 4 is 6.09 Å². The number of carboxylic acid groups (broad SMARTS) is 1. The third kappa shape index (κ3) is 11.4. The summed E-state index contributed by atoms with van der Waals surface area (Å²) in [5.41, 5.74) is -0.896. The number of carbonyl (C=O) groups is 1. The summed E-state index contributed by atoms with van der Waals surface area (Å²) in [5.74, 6) is -1.59. The van der Waals surface area contributed by atoms with Gasteiger partial charge in [0.1, 0.15) is 0 Å². The van der Waals surface area contributed by atoms with Gasteiger partial charge in [-0.2, -0.15) is 0 Å². The van der Waals surface area contributed by atoms with Gasteiger partial charge in [0.15, 0.2) is 5.72 Å². The van der Waals surface area contributed by atoms with E-state index in [-0.39, 0.29) is 17.8 Å². The lowest BCUT2D eigenvalue weighted by Crippen LogP contribution is -2.60. The van der Waals surface area contributed by atoms with Gasteiger partial charge >= 0.3 is 6.09 Å². The molecule has 0 aromatic rings. The lowest BCUT2D eigenvalue weighted by Gasteiger charge is -2.41. The molecule has 0 bridgehead atoms. The van der Waals surface area contributed by atoms with Gasteiger partial charge in [0.2, 0.25) is 0 Å². The Morgan fingerprint density at radius 1 is 0.944 bits per heavy atom. The number of amides is 1. The molecule has 0 aliphatic heterocycles. The van der Waals surface area contributed by atoms with E-state index in [9.17, 15) is 30.3 Å². The zero-order valence-corrected chi connectivity index (χ0v) is 23.4. The van der Waals surface area contributed by atoms with Gasteiger partial charge in [-0.1, -0.05) is 97.1 Å². The third-order valence-electron chi connectivity index (χ3n) is 6.95. The molecule has 6 N–H and O–H groups in total. The summed E-state index contributed by atoms with van der Waals surface area (Å²) in [6.45, 7) is 18.6. The van der Waals surface area contributed by atoms with Crippen LogP contribution >= 0.6 is 0 Å². The highest BCUT2D eigenvalue weighted by Crippen LogP contribution is 2.32. The van der Waals surface area contributed by atoms with Crippen molar-refractivity contribution in [2.24, 2.45) is 35.5 Å². The fourth-order valence-corrected chi connectivity index (χ4v) is 4.66. The van der Waals surface area contributed by atoms with Crippen LogP contribution in [-0.2, 0) is 0 Å². The molecule has 0 aliphatic rings. The summed E-state index contributed by atoms with van der Waals surface area (Å²) >= 11 is 0. The van der Waals surface area contributed by atoms with Crippen LogP contribution in [-0.4, -0.2) is 55.7 Å². The standard InChI is InChI=1S/C29H51NO6/c1-10-11-12-23(8)29(36,30-28(34)35)24(9)27(33)22(7)17-19(4)16-21(6)26(32)20(5)13-14-25(31)15-18(2)3/h10-14,16,18,20-27,30-33,36H,1,15,17H2,2-9H3,(H,34,35)/t20-,21-,22-,23-,24+,25+,26-,27+,29-/m0/s1.